The summed E-state index contributed by atoms with van der Waals surface area (Å²) in [6.07, 6.45) is 2.28. The summed E-state index contributed by atoms with van der Waals surface area (Å²) in [6.45, 7) is 6.99. The standard InChI is InChI=1S/C9H19BrSi/c1-4-11(5-2,6-3)9-7-8-10/h7,9H,4-6,8H2,1-3H3/b9-7+. The third-order valence-electron chi connectivity index (χ3n) is 2.67. The first kappa shape index (κ1) is 11.4. The number of allylic oxidation sites excluding steroid dienone is 1. The number of hydrogen-bond donors (Lipinski definition) is 0. The van der Waals surface area contributed by atoms with Gasteiger partial charge in [-0.05, 0) is 0 Å². The molecule has 0 amide bonds. The molecule has 11 heavy (non-hydrogen) atoms. The van der Waals surface area contributed by atoms with Gasteiger partial charge in [-0.15, -0.1) is 0 Å². The van der Waals surface area contributed by atoms with Crippen LogP contribution in [0, 0.1) is 0 Å². The molecule has 0 fully saturated rings. The highest BCUT2D eigenvalue weighted by atomic mass is 79.9. The smallest absolute Gasteiger partial charge is 0.0766 e. The fourth-order valence-electron chi connectivity index (χ4n) is 1.40. The van der Waals surface area contributed by atoms with E-state index < -0.39 is 8.07 Å². The molecule has 2 heteroatoms. The maximum Gasteiger partial charge on any atom is 0.0766 e. The molecule has 0 aliphatic carbocycles. The van der Waals surface area contributed by atoms with Crippen LogP contribution in [0.1, 0.15) is 20.8 Å². The van der Waals surface area contributed by atoms with Crippen molar-refractivity contribution in [1.29, 1.82) is 0 Å². The third kappa shape index (κ3) is 3.56. The molecule has 0 bridgehead atoms. The Labute approximate surface area is 80.2 Å². The molecule has 0 rings (SSSR count). The molecule has 0 heterocycles. The zero-order chi connectivity index (χ0) is 8.74. The lowest BCUT2D eigenvalue weighted by atomic mass is 10.8. The van der Waals surface area contributed by atoms with Gasteiger partial charge < -0.3 is 0 Å². The van der Waals surface area contributed by atoms with Crippen LogP contribution in [0.3, 0.4) is 0 Å². The van der Waals surface area contributed by atoms with Crippen molar-refractivity contribution in [3.05, 3.63) is 11.8 Å². The molecule has 0 atom stereocenters. The number of halogens is 1. The lowest BCUT2D eigenvalue weighted by Crippen LogP contribution is -2.28. The van der Waals surface area contributed by atoms with Gasteiger partial charge in [0, 0.05) is 5.33 Å². The van der Waals surface area contributed by atoms with Gasteiger partial charge in [0.15, 0.2) is 0 Å². The van der Waals surface area contributed by atoms with Gasteiger partial charge in [0.05, 0.1) is 8.07 Å². The summed E-state index contributed by atoms with van der Waals surface area (Å²) in [5.41, 5.74) is 2.50. The fraction of sp³-hybridized carbons (Fsp3) is 0.778. The highest BCUT2D eigenvalue weighted by Crippen LogP contribution is 2.21. The summed E-state index contributed by atoms with van der Waals surface area (Å²) in [6, 6.07) is 4.18. The van der Waals surface area contributed by atoms with Gasteiger partial charge in [0.1, 0.15) is 0 Å². The van der Waals surface area contributed by atoms with Gasteiger partial charge in [-0.3, -0.25) is 0 Å². The third-order valence-corrected chi connectivity index (χ3v) is 8.21. The molecule has 0 nitrogen and oxygen atoms in total. The Kier molecular flexibility index (Phi) is 6.25. The second kappa shape index (κ2) is 6.01. The average Bonchev–Trinajstić information content (AvgIpc) is 2.08. The predicted molar refractivity (Wildman–Crippen MR) is 60.1 cm³/mol. The van der Waals surface area contributed by atoms with Gasteiger partial charge in [-0.1, -0.05) is 66.6 Å². The van der Waals surface area contributed by atoms with Crippen LogP contribution in [0.15, 0.2) is 11.8 Å². The molecule has 0 unspecified atom stereocenters. The SMILES string of the molecule is CC[Si](/C=C/CBr)(CC)CC. The Morgan fingerprint density at radius 3 is 1.82 bits per heavy atom. The van der Waals surface area contributed by atoms with Crippen molar-refractivity contribution in [1.82, 2.24) is 0 Å². The Bertz CT molecular complexity index is 108. The first-order chi connectivity index (χ1) is 5.24. The monoisotopic (exact) mass is 234 g/mol. The minimum atomic E-state index is -0.949. The van der Waals surface area contributed by atoms with Crippen LogP contribution in [0.25, 0.3) is 0 Å². The first-order valence-electron chi connectivity index (χ1n) is 4.48. The molecule has 0 spiro atoms. The van der Waals surface area contributed by atoms with E-state index in [0.29, 0.717) is 0 Å². The van der Waals surface area contributed by atoms with Gasteiger partial charge in [-0.2, -0.15) is 0 Å². The van der Waals surface area contributed by atoms with E-state index in [1.165, 1.54) is 18.1 Å². The van der Waals surface area contributed by atoms with Gasteiger partial charge in [-0.25, -0.2) is 0 Å². The van der Waals surface area contributed by atoms with Crippen molar-refractivity contribution in [3.8, 4) is 0 Å². The second-order valence-electron chi connectivity index (χ2n) is 2.98. The van der Waals surface area contributed by atoms with Crippen LogP contribution in [-0.4, -0.2) is 13.4 Å². The molecular formula is C9H19BrSi. The van der Waals surface area contributed by atoms with Crippen LogP contribution >= 0.6 is 15.9 Å². The average molecular weight is 235 g/mol. The van der Waals surface area contributed by atoms with Gasteiger partial charge in [0.2, 0.25) is 0 Å². The zero-order valence-electron chi connectivity index (χ0n) is 7.86. The van der Waals surface area contributed by atoms with E-state index in [0.717, 1.165) is 5.33 Å². The molecule has 0 aromatic rings. The van der Waals surface area contributed by atoms with Gasteiger partial charge in [0.25, 0.3) is 0 Å². The van der Waals surface area contributed by atoms with Crippen molar-refractivity contribution >= 4 is 24.0 Å². The second-order valence-corrected chi connectivity index (χ2v) is 8.81. The lowest BCUT2D eigenvalue weighted by Gasteiger charge is -2.23. The van der Waals surface area contributed by atoms with Crippen LogP contribution < -0.4 is 0 Å². The summed E-state index contributed by atoms with van der Waals surface area (Å²) in [4.78, 5) is 0. The number of alkyl halides is 1. The Balaban J connectivity index is 4.16. The molecule has 0 aliphatic rings. The highest BCUT2D eigenvalue weighted by molar-refractivity contribution is 9.09. The molecule has 0 N–H and O–H groups in total. The summed E-state index contributed by atoms with van der Waals surface area (Å²) in [5, 5.41) is 1.02. The first-order valence-corrected chi connectivity index (χ1v) is 8.30. The largest absolute Gasteiger partial charge is 0.0973 e. The lowest BCUT2D eigenvalue weighted by molar-refractivity contribution is 1.19. The molecule has 0 radical (unpaired) electrons. The summed E-state index contributed by atoms with van der Waals surface area (Å²) in [5.74, 6) is 0. The fourth-order valence-corrected chi connectivity index (χ4v) is 4.76. The molecule has 0 aromatic heterocycles. The van der Waals surface area contributed by atoms with E-state index in [9.17, 15) is 0 Å². The van der Waals surface area contributed by atoms with Crippen molar-refractivity contribution in [2.45, 2.75) is 38.9 Å². The van der Waals surface area contributed by atoms with Crippen LogP contribution in [0.2, 0.25) is 18.1 Å². The molecular weight excluding hydrogens is 216 g/mol. The van der Waals surface area contributed by atoms with Crippen molar-refractivity contribution in [3.63, 3.8) is 0 Å². The Morgan fingerprint density at radius 2 is 1.55 bits per heavy atom. The topological polar surface area (TPSA) is 0 Å². The van der Waals surface area contributed by atoms with E-state index in [-0.39, 0.29) is 0 Å². The quantitative estimate of drug-likeness (QED) is 0.499. The highest BCUT2D eigenvalue weighted by Gasteiger charge is 2.22. The van der Waals surface area contributed by atoms with Crippen LogP contribution in [0.4, 0.5) is 0 Å². The normalized spacial score (nSPS) is 12.7. The minimum Gasteiger partial charge on any atom is -0.0973 e. The van der Waals surface area contributed by atoms with Crippen molar-refractivity contribution < 1.29 is 0 Å². The summed E-state index contributed by atoms with van der Waals surface area (Å²) >= 11 is 3.43. The van der Waals surface area contributed by atoms with E-state index in [4.69, 9.17) is 0 Å². The predicted octanol–water partition coefficient (Wildman–Crippen LogP) is 3.99. The maximum absolute atomic E-state index is 3.43. The van der Waals surface area contributed by atoms with E-state index in [1.54, 1.807) is 0 Å². The van der Waals surface area contributed by atoms with Crippen LogP contribution in [-0.2, 0) is 0 Å². The number of rotatable bonds is 5. The zero-order valence-corrected chi connectivity index (χ0v) is 10.4. The molecule has 0 saturated heterocycles. The van der Waals surface area contributed by atoms with Crippen LogP contribution in [0.5, 0.6) is 0 Å². The Hall–Kier alpha value is 0.437. The van der Waals surface area contributed by atoms with E-state index in [2.05, 4.69) is 48.5 Å². The Morgan fingerprint density at radius 1 is 1.09 bits per heavy atom. The van der Waals surface area contributed by atoms with E-state index in [1.807, 2.05) is 0 Å². The van der Waals surface area contributed by atoms with E-state index >= 15 is 0 Å². The molecule has 0 aliphatic heterocycles. The molecule has 0 aromatic carbocycles. The summed E-state index contributed by atoms with van der Waals surface area (Å²) in [7, 11) is -0.949. The molecule has 66 valence electrons. The van der Waals surface area contributed by atoms with Gasteiger partial charge >= 0.3 is 0 Å². The maximum atomic E-state index is 3.43. The molecule has 0 saturated carbocycles. The van der Waals surface area contributed by atoms with Crippen molar-refractivity contribution in [2.24, 2.45) is 0 Å². The van der Waals surface area contributed by atoms with Crippen molar-refractivity contribution in [2.75, 3.05) is 5.33 Å². The minimum absolute atomic E-state index is 0.949. The summed E-state index contributed by atoms with van der Waals surface area (Å²) < 4.78 is 0. The number of hydrogen-bond acceptors (Lipinski definition) is 0.